The number of amides is 2. The Hall–Kier alpha value is -2.79. The van der Waals surface area contributed by atoms with Crippen molar-refractivity contribution in [2.24, 2.45) is 0 Å². The Morgan fingerprint density at radius 1 is 1.11 bits per heavy atom. The number of hydrogen-bond acceptors (Lipinski definition) is 3. The predicted octanol–water partition coefficient (Wildman–Crippen LogP) is 5.03. The maximum Gasteiger partial charge on any atom is 0.319 e. The summed E-state index contributed by atoms with van der Waals surface area (Å²) in [6.45, 7) is 4.51. The van der Waals surface area contributed by atoms with Gasteiger partial charge in [0.05, 0.1) is 12.6 Å². The second kappa shape index (κ2) is 8.93. The van der Waals surface area contributed by atoms with Gasteiger partial charge in [-0.15, -0.1) is 0 Å². The summed E-state index contributed by atoms with van der Waals surface area (Å²) < 4.78 is 5.69. The van der Waals surface area contributed by atoms with E-state index >= 15 is 0 Å². The first-order valence-electron chi connectivity index (χ1n) is 9.31. The molecule has 0 saturated heterocycles. The van der Waals surface area contributed by atoms with Crippen LogP contribution < -0.4 is 15.4 Å². The highest BCUT2D eigenvalue weighted by molar-refractivity contribution is 6.30. The molecule has 0 bridgehead atoms. The molecule has 0 saturated carbocycles. The van der Waals surface area contributed by atoms with E-state index < -0.39 is 6.04 Å². The molecule has 2 aromatic rings. The van der Waals surface area contributed by atoms with Gasteiger partial charge in [-0.2, -0.15) is 0 Å². The molecule has 2 N–H and O–H groups in total. The van der Waals surface area contributed by atoms with Crippen LogP contribution in [-0.4, -0.2) is 18.4 Å². The normalized spacial score (nSPS) is 16.4. The van der Waals surface area contributed by atoms with E-state index in [1.807, 2.05) is 24.3 Å². The predicted molar refractivity (Wildman–Crippen MR) is 110 cm³/mol. The van der Waals surface area contributed by atoms with Gasteiger partial charge in [-0.05, 0) is 55.3 Å². The van der Waals surface area contributed by atoms with Crippen molar-refractivity contribution in [1.29, 1.82) is 0 Å². The van der Waals surface area contributed by atoms with Crippen LogP contribution in [0.2, 0.25) is 5.02 Å². The Balaban J connectivity index is 1.89. The number of nitrogens with one attached hydrogen (secondary N) is 2. The van der Waals surface area contributed by atoms with Crippen LogP contribution in [0.25, 0.3) is 0 Å². The largest absolute Gasteiger partial charge is 0.494 e. The standard InChI is InChI=1S/C22H23ClN2O3/c1-3-4-13-28-18-11-7-15(8-12-18)20-19(14(2)24-22(27)25-20)21(26)16-5-9-17(23)10-6-16/h5-12,20H,3-4,13H2,1-2H3,(H2,24,25,27)/t20-/m1/s1. The van der Waals surface area contributed by atoms with Crippen LogP contribution in [0.1, 0.15) is 48.7 Å². The molecule has 0 aromatic heterocycles. The molecule has 0 unspecified atom stereocenters. The van der Waals surface area contributed by atoms with Crippen LogP contribution in [-0.2, 0) is 0 Å². The maximum atomic E-state index is 13.1. The summed E-state index contributed by atoms with van der Waals surface area (Å²) in [5.74, 6) is 0.610. The Kier molecular flexibility index (Phi) is 6.37. The Morgan fingerprint density at radius 3 is 2.43 bits per heavy atom. The zero-order chi connectivity index (χ0) is 20.1. The average Bonchev–Trinajstić information content (AvgIpc) is 2.68. The van der Waals surface area contributed by atoms with Crippen molar-refractivity contribution in [2.45, 2.75) is 32.7 Å². The average molecular weight is 399 g/mol. The lowest BCUT2D eigenvalue weighted by atomic mass is 9.89. The van der Waals surface area contributed by atoms with Gasteiger partial charge >= 0.3 is 6.03 Å². The minimum absolute atomic E-state index is 0.157. The quantitative estimate of drug-likeness (QED) is 0.507. The minimum Gasteiger partial charge on any atom is -0.494 e. The Labute approximate surface area is 169 Å². The number of carbonyl (C=O) groups is 2. The summed E-state index contributed by atoms with van der Waals surface area (Å²) in [4.78, 5) is 25.2. The molecule has 146 valence electrons. The molecule has 0 radical (unpaired) electrons. The fourth-order valence-corrected chi connectivity index (χ4v) is 3.22. The van der Waals surface area contributed by atoms with Crippen molar-refractivity contribution in [1.82, 2.24) is 10.6 Å². The first-order chi connectivity index (χ1) is 13.5. The molecule has 2 amide bonds. The molecule has 5 nitrogen and oxygen atoms in total. The summed E-state index contributed by atoms with van der Waals surface area (Å²) >= 11 is 5.93. The van der Waals surface area contributed by atoms with Crippen molar-refractivity contribution >= 4 is 23.4 Å². The molecule has 1 atom stereocenters. The van der Waals surface area contributed by atoms with Crippen molar-refractivity contribution in [3.63, 3.8) is 0 Å². The number of allylic oxidation sites excluding steroid dienone is 1. The second-order valence-corrected chi connectivity index (χ2v) is 7.11. The van der Waals surface area contributed by atoms with Crippen LogP contribution in [0.15, 0.2) is 59.8 Å². The molecular formula is C22H23ClN2O3. The number of rotatable bonds is 7. The third-order valence-corrected chi connectivity index (χ3v) is 4.85. The summed E-state index contributed by atoms with van der Waals surface area (Å²) in [6.07, 6.45) is 2.06. The summed E-state index contributed by atoms with van der Waals surface area (Å²) in [5.41, 5.74) is 2.37. The van der Waals surface area contributed by atoms with E-state index in [1.165, 1.54) is 0 Å². The zero-order valence-electron chi connectivity index (χ0n) is 15.9. The third kappa shape index (κ3) is 4.54. The van der Waals surface area contributed by atoms with Crippen molar-refractivity contribution in [2.75, 3.05) is 6.61 Å². The number of carbonyl (C=O) groups excluding carboxylic acids is 2. The number of halogens is 1. The van der Waals surface area contributed by atoms with E-state index in [4.69, 9.17) is 16.3 Å². The van der Waals surface area contributed by atoms with Crippen LogP contribution in [0, 0.1) is 0 Å². The number of ether oxygens (including phenoxy) is 1. The zero-order valence-corrected chi connectivity index (χ0v) is 16.7. The molecule has 3 rings (SSSR count). The summed E-state index contributed by atoms with van der Waals surface area (Å²) in [7, 11) is 0. The second-order valence-electron chi connectivity index (χ2n) is 6.68. The van der Waals surface area contributed by atoms with E-state index in [0.717, 1.165) is 24.2 Å². The van der Waals surface area contributed by atoms with Gasteiger partial charge < -0.3 is 15.4 Å². The topological polar surface area (TPSA) is 67.4 Å². The van der Waals surface area contributed by atoms with Gasteiger partial charge in [0, 0.05) is 21.9 Å². The maximum absolute atomic E-state index is 13.1. The molecule has 2 aromatic carbocycles. The fourth-order valence-electron chi connectivity index (χ4n) is 3.09. The molecule has 6 heteroatoms. The van der Waals surface area contributed by atoms with Crippen molar-refractivity contribution < 1.29 is 14.3 Å². The first-order valence-corrected chi connectivity index (χ1v) is 9.68. The highest BCUT2D eigenvalue weighted by atomic mass is 35.5. The van der Waals surface area contributed by atoms with Gasteiger partial charge in [0.25, 0.3) is 0 Å². The van der Waals surface area contributed by atoms with E-state index in [2.05, 4.69) is 17.6 Å². The lowest BCUT2D eigenvalue weighted by molar-refractivity contribution is 0.102. The first kappa shape index (κ1) is 20.0. The molecule has 1 aliphatic heterocycles. The highest BCUT2D eigenvalue weighted by Crippen LogP contribution is 2.30. The summed E-state index contributed by atoms with van der Waals surface area (Å²) in [6, 6.07) is 13.3. The van der Waals surface area contributed by atoms with Crippen LogP contribution >= 0.6 is 11.6 Å². The van der Waals surface area contributed by atoms with Crippen molar-refractivity contribution in [3.05, 3.63) is 76.0 Å². The SMILES string of the molecule is CCCCOc1ccc([C@H]2NC(=O)NC(C)=C2C(=O)c2ccc(Cl)cc2)cc1. The molecule has 0 spiro atoms. The Bertz CT molecular complexity index is 889. The molecule has 0 fully saturated rings. The molecule has 28 heavy (non-hydrogen) atoms. The Morgan fingerprint density at radius 2 is 1.79 bits per heavy atom. The summed E-state index contributed by atoms with van der Waals surface area (Å²) in [5, 5.41) is 6.11. The monoisotopic (exact) mass is 398 g/mol. The number of benzene rings is 2. The van der Waals surface area contributed by atoms with E-state index in [0.29, 0.717) is 28.5 Å². The van der Waals surface area contributed by atoms with Gasteiger partial charge in [-0.25, -0.2) is 4.79 Å². The van der Waals surface area contributed by atoms with Gasteiger partial charge in [0.2, 0.25) is 0 Å². The van der Waals surface area contributed by atoms with Gasteiger partial charge in [-0.3, -0.25) is 4.79 Å². The van der Waals surface area contributed by atoms with E-state index in [-0.39, 0.29) is 11.8 Å². The van der Waals surface area contributed by atoms with Crippen LogP contribution in [0.5, 0.6) is 5.75 Å². The number of Topliss-reactive ketones (excluding diaryl/α,β-unsaturated/α-hetero) is 1. The lowest BCUT2D eigenvalue weighted by Gasteiger charge is -2.28. The third-order valence-electron chi connectivity index (χ3n) is 4.60. The van der Waals surface area contributed by atoms with Gasteiger partial charge in [0.1, 0.15) is 5.75 Å². The number of urea groups is 1. The van der Waals surface area contributed by atoms with Crippen LogP contribution in [0.4, 0.5) is 4.79 Å². The molecular weight excluding hydrogens is 376 g/mol. The number of ketones is 1. The molecule has 1 heterocycles. The molecule has 0 aliphatic carbocycles. The van der Waals surface area contributed by atoms with Gasteiger partial charge in [-0.1, -0.05) is 37.1 Å². The minimum atomic E-state index is -0.540. The lowest BCUT2D eigenvalue weighted by Crippen LogP contribution is -2.45. The van der Waals surface area contributed by atoms with Crippen molar-refractivity contribution in [3.8, 4) is 5.75 Å². The van der Waals surface area contributed by atoms with Gasteiger partial charge in [0.15, 0.2) is 5.78 Å². The smallest absolute Gasteiger partial charge is 0.319 e. The van der Waals surface area contributed by atoms with E-state index in [9.17, 15) is 9.59 Å². The number of hydrogen-bond donors (Lipinski definition) is 2. The molecule has 1 aliphatic rings. The highest BCUT2D eigenvalue weighted by Gasteiger charge is 2.31. The fraction of sp³-hybridized carbons (Fsp3) is 0.273. The van der Waals surface area contributed by atoms with E-state index in [1.54, 1.807) is 31.2 Å². The van der Waals surface area contributed by atoms with Crippen LogP contribution in [0.3, 0.4) is 0 Å². The number of unbranched alkanes of at least 4 members (excludes halogenated alkanes) is 1.